The van der Waals surface area contributed by atoms with E-state index in [1.54, 1.807) is 6.07 Å². The van der Waals surface area contributed by atoms with Crippen LogP contribution in [0.2, 0.25) is 0 Å². The average Bonchev–Trinajstić information content (AvgIpc) is 2.41. The maximum Gasteiger partial charge on any atom is 0.167 e. The van der Waals surface area contributed by atoms with Crippen LogP contribution in [0, 0.1) is 5.82 Å². The van der Waals surface area contributed by atoms with Gasteiger partial charge in [0, 0.05) is 12.0 Å². The lowest BCUT2D eigenvalue weighted by molar-refractivity contribution is 0.0992. The van der Waals surface area contributed by atoms with Gasteiger partial charge in [0.25, 0.3) is 0 Å². The second kappa shape index (κ2) is 5.68. The van der Waals surface area contributed by atoms with Crippen molar-refractivity contribution < 1.29 is 9.18 Å². The van der Waals surface area contributed by atoms with Gasteiger partial charge in [-0.05, 0) is 34.7 Å². The van der Waals surface area contributed by atoms with Gasteiger partial charge in [-0.3, -0.25) is 4.79 Å². The lowest BCUT2D eigenvalue weighted by Gasteiger charge is -2.19. The fourth-order valence-corrected chi connectivity index (χ4v) is 2.11. The number of carbonyl (C=O) groups is 1. The number of anilines is 1. The predicted molar refractivity (Wildman–Crippen MR) is 84.0 cm³/mol. The maximum absolute atomic E-state index is 13.4. The highest BCUT2D eigenvalue weighted by molar-refractivity contribution is 5.97. The Bertz CT molecular complexity index is 654. The summed E-state index contributed by atoms with van der Waals surface area (Å²) in [5, 5.41) is 0. The topological polar surface area (TPSA) is 43.1 Å². The van der Waals surface area contributed by atoms with Gasteiger partial charge in [0.1, 0.15) is 5.82 Å². The molecule has 0 aromatic heterocycles. The fourth-order valence-electron chi connectivity index (χ4n) is 2.11. The number of hydrogen-bond donors (Lipinski definition) is 1. The molecule has 0 radical (unpaired) electrons. The molecule has 0 spiro atoms. The number of halogens is 1. The molecule has 0 aliphatic rings. The molecule has 2 rings (SSSR count). The number of rotatable bonds is 3. The minimum Gasteiger partial charge on any atom is -0.396 e. The van der Waals surface area contributed by atoms with Crippen molar-refractivity contribution in [1.82, 2.24) is 0 Å². The molecule has 2 aromatic carbocycles. The highest BCUT2D eigenvalue weighted by Crippen LogP contribution is 2.22. The molecule has 3 heteroatoms. The Kier molecular flexibility index (Phi) is 4.12. The molecule has 2 nitrogen and oxygen atoms in total. The first-order chi connectivity index (χ1) is 9.77. The third-order valence-corrected chi connectivity index (χ3v) is 3.51. The first-order valence-corrected chi connectivity index (χ1v) is 6.95. The third kappa shape index (κ3) is 3.69. The normalized spacial score (nSPS) is 11.4. The average molecular weight is 285 g/mol. The molecular weight excluding hydrogens is 265 g/mol. The summed E-state index contributed by atoms with van der Waals surface area (Å²) >= 11 is 0. The Morgan fingerprint density at radius 2 is 1.71 bits per heavy atom. The molecule has 2 aromatic rings. The number of ketones is 1. The largest absolute Gasteiger partial charge is 0.396 e. The molecule has 0 bridgehead atoms. The van der Waals surface area contributed by atoms with Crippen LogP contribution in [0.3, 0.4) is 0 Å². The van der Waals surface area contributed by atoms with Crippen LogP contribution in [0.15, 0.2) is 42.5 Å². The molecule has 0 aliphatic heterocycles. The zero-order valence-corrected chi connectivity index (χ0v) is 12.6. The summed E-state index contributed by atoms with van der Waals surface area (Å²) in [5.41, 5.74) is 8.04. The number of nitrogen functional groups attached to an aromatic ring is 1. The van der Waals surface area contributed by atoms with Gasteiger partial charge in [-0.25, -0.2) is 4.39 Å². The van der Waals surface area contributed by atoms with Crippen LogP contribution in [0.4, 0.5) is 10.1 Å². The molecule has 110 valence electrons. The van der Waals surface area contributed by atoms with Crippen LogP contribution in [0.5, 0.6) is 0 Å². The minimum atomic E-state index is -0.552. The van der Waals surface area contributed by atoms with Crippen LogP contribution in [0.25, 0.3) is 0 Å². The Labute approximate surface area is 124 Å². The van der Waals surface area contributed by atoms with Gasteiger partial charge in [-0.1, -0.05) is 45.0 Å². The van der Waals surface area contributed by atoms with Crippen molar-refractivity contribution in [3.8, 4) is 0 Å². The lowest BCUT2D eigenvalue weighted by atomic mass is 9.86. The van der Waals surface area contributed by atoms with E-state index in [9.17, 15) is 9.18 Å². The third-order valence-electron chi connectivity index (χ3n) is 3.51. The Hall–Kier alpha value is -2.16. The van der Waals surface area contributed by atoms with E-state index in [-0.39, 0.29) is 23.3 Å². The number of benzene rings is 2. The lowest BCUT2D eigenvalue weighted by Crippen LogP contribution is -2.11. The van der Waals surface area contributed by atoms with Crippen LogP contribution in [-0.2, 0) is 11.8 Å². The summed E-state index contributed by atoms with van der Waals surface area (Å²) in [6.45, 7) is 6.43. The van der Waals surface area contributed by atoms with Gasteiger partial charge in [-0.15, -0.1) is 0 Å². The van der Waals surface area contributed by atoms with Crippen LogP contribution >= 0.6 is 0 Å². The molecule has 0 atom stereocenters. The first kappa shape index (κ1) is 15.2. The molecule has 0 aliphatic carbocycles. The van der Waals surface area contributed by atoms with E-state index in [0.717, 1.165) is 5.56 Å². The second-order valence-electron chi connectivity index (χ2n) is 6.28. The molecule has 0 unspecified atom stereocenters. The van der Waals surface area contributed by atoms with Crippen molar-refractivity contribution in [1.29, 1.82) is 0 Å². The van der Waals surface area contributed by atoms with Crippen LogP contribution in [-0.4, -0.2) is 5.78 Å². The zero-order chi connectivity index (χ0) is 15.6. The first-order valence-electron chi connectivity index (χ1n) is 6.95. The van der Waals surface area contributed by atoms with Crippen molar-refractivity contribution in [2.45, 2.75) is 32.6 Å². The van der Waals surface area contributed by atoms with Crippen LogP contribution in [0.1, 0.15) is 42.3 Å². The molecule has 0 amide bonds. The van der Waals surface area contributed by atoms with Crippen molar-refractivity contribution in [3.05, 3.63) is 65.0 Å². The van der Waals surface area contributed by atoms with Gasteiger partial charge < -0.3 is 5.73 Å². The number of nitrogens with two attached hydrogens (primary N) is 1. The molecule has 0 heterocycles. The number of Topliss-reactive ketones (excluding diaryl/α,β-unsaturated/α-hetero) is 1. The SMILES string of the molecule is CC(C)(C)c1ccc(CC(=O)c2ccc(N)c(F)c2)cc1. The van der Waals surface area contributed by atoms with Crippen molar-refractivity contribution in [2.24, 2.45) is 0 Å². The number of hydrogen-bond acceptors (Lipinski definition) is 2. The van der Waals surface area contributed by atoms with Gasteiger partial charge in [0.2, 0.25) is 0 Å². The highest BCUT2D eigenvalue weighted by atomic mass is 19.1. The molecular formula is C18H20FNO. The summed E-state index contributed by atoms with van der Waals surface area (Å²) in [6, 6.07) is 12.1. The van der Waals surface area contributed by atoms with Gasteiger partial charge in [0.05, 0.1) is 5.69 Å². The fraction of sp³-hybridized carbons (Fsp3) is 0.278. The van der Waals surface area contributed by atoms with Crippen LogP contribution < -0.4 is 5.73 Å². The Morgan fingerprint density at radius 3 is 2.24 bits per heavy atom. The van der Waals surface area contributed by atoms with Gasteiger partial charge in [0.15, 0.2) is 5.78 Å². The molecule has 21 heavy (non-hydrogen) atoms. The van der Waals surface area contributed by atoms with E-state index in [1.807, 2.05) is 24.3 Å². The van der Waals surface area contributed by atoms with E-state index >= 15 is 0 Å². The standard InChI is InChI=1S/C18H20FNO/c1-18(2,3)14-7-4-12(5-8-14)10-17(21)13-6-9-16(20)15(19)11-13/h4-9,11H,10,20H2,1-3H3. The van der Waals surface area contributed by atoms with Crippen molar-refractivity contribution >= 4 is 11.5 Å². The Balaban J connectivity index is 2.14. The van der Waals surface area contributed by atoms with Gasteiger partial charge in [-0.2, -0.15) is 0 Å². The maximum atomic E-state index is 13.4. The summed E-state index contributed by atoms with van der Waals surface area (Å²) in [6.07, 6.45) is 0.258. The molecule has 2 N–H and O–H groups in total. The van der Waals surface area contributed by atoms with E-state index < -0.39 is 5.82 Å². The monoisotopic (exact) mass is 285 g/mol. The van der Waals surface area contributed by atoms with E-state index in [2.05, 4.69) is 20.8 Å². The number of carbonyl (C=O) groups excluding carboxylic acids is 1. The Morgan fingerprint density at radius 1 is 1.10 bits per heavy atom. The molecule has 0 saturated heterocycles. The van der Waals surface area contributed by atoms with Crippen molar-refractivity contribution in [2.75, 3.05) is 5.73 Å². The van der Waals surface area contributed by atoms with Crippen molar-refractivity contribution in [3.63, 3.8) is 0 Å². The highest BCUT2D eigenvalue weighted by Gasteiger charge is 2.14. The zero-order valence-electron chi connectivity index (χ0n) is 12.6. The summed E-state index contributed by atoms with van der Waals surface area (Å²) in [5.74, 6) is -0.665. The van der Waals surface area contributed by atoms with E-state index in [4.69, 9.17) is 5.73 Å². The quantitative estimate of drug-likeness (QED) is 0.680. The van der Waals surface area contributed by atoms with E-state index in [0.29, 0.717) is 5.56 Å². The summed E-state index contributed by atoms with van der Waals surface area (Å²) in [4.78, 5) is 12.2. The smallest absolute Gasteiger partial charge is 0.167 e. The summed E-state index contributed by atoms with van der Waals surface area (Å²) < 4.78 is 13.4. The van der Waals surface area contributed by atoms with E-state index in [1.165, 1.54) is 17.7 Å². The van der Waals surface area contributed by atoms with Gasteiger partial charge >= 0.3 is 0 Å². The molecule has 0 saturated carbocycles. The molecule has 0 fully saturated rings. The predicted octanol–water partition coefficient (Wildman–Crippen LogP) is 4.13. The second-order valence-corrected chi connectivity index (χ2v) is 6.28. The summed E-state index contributed by atoms with van der Waals surface area (Å²) in [7, 11) is 0. The minimum absolute atomic E-state index is 0.0566.